The molecule has 2 rings (SSSR count). The van der Waals surface area contributed by atoms with Crippen LogP contribution in [0.3, 0.4) is 0 Å². The first-order chi connectivity index (χ1) is 17.2. The number of amidine groups is 2. The van der Waals surface area contributed by atoms with Gasteiger partial charge in [-0.2, -0.15) is 15.0 Å². The maximum absolute atomic E-state index is 13.5. The minimum Gasteiger partial charge on any atom is -0.426 e. The molecule has 1 unspecified atom stereocenters. The lowest BCUT2D eigenvalue weighted by molar-refractivity contribution is 0.186. The molecule has 0 amide bonds. The predicted molar refractivity (Wildman–Crippen MR) is 146 cm³/mol. The third kappa shape index (κ3) is 9.75. The van der Waals surface area contributed by atoms with Crippen molar-refractivity contribution in [3.8, 4) is 5.75 Å². The van der Waals surface area contributed by atoms with Crippen molar-refractivity contribution in [3.05, 3.63) is 79.6 Å². The monoisotopic (exact) mass is 496 g/mol. The van der Waals surface area contributed by atoms with Gasteiger partial charge in [0.05, 0.1) is 0 Å². The highest BCUT2D eigenvalue weighted by Crippen LogP contribution is 2.13. The van der Waals surface area contributed by atoms with Crippen LogP contribution in [0.5, 0.6) is 5.75 Å². The molecule has 1 atom stereocenters. The highest BCUT2D eigenvalue weighted by Gasteiger charge is 2.15. The number of halogens is 1. The Hall–Kier alpha value is -3.92. The van der Waals surface area contributed by atoms with Gasteiger partial charge in [-0.15, -0.1) is 0 Å². The van der Waals surface area contributed by atoms with Crippen molar-refractivity contribution in [2.75, 3.05) is 33.2 Å². The van der Waals surface area contributed by atoms with Crippen LogP contribution in [0.1, 0.15) is 20.3 Å². The summed E-state index contributed by atoms with van der Waals surface area (Å²) in [7, 11) is 2.07. The highest BCUT2D eigenvalue weighted by molar-refractivity contribution is 6.00. The topological polar surface area (TPSA) is 103 Å². The van der Waals surface area contributed by atoms with E-state index in [4.69, 9.17) is 10.5 Å². The van der Waals surface area contributed by atoms with Crippen molar-refractivity contribution >= 4 is 17.8 Å². The molecule has 1 heterocycles. The second-order valence-electron chi connectivity index (χ2n) is 8.24. The Morgan fingerprint density at radius 3 is 2.56 bits per heavy atom. The van der Waals surface area contributed by atoms with Gasteiger partial charge in [-0.05, 0) is 32.5 Å². The van der Waals surface area contributed by atoms with Crippen LogP contribution in [0.25, 0.3) is 0 Å². The molecular formula is C26H37FN8O. The number of ether oxygens (including phenoxy) is 1. The van der Waals surface area contributed by atoms with Gasteiger partial charge in [0.15, 0.2) is 0 Å². The van der Waals surface area contributed by atoms with Gasteiger partial charge in [-0.1, -0.05) is 51.0 Å². The molecule has 9 nitrogen and oxygen atoms in total. The zero-order chi connectivity index (χ0) is 26.5. The van der Waals surface area contributed by atoms with Gasteiger partial charge in [-0.25, -0.2) is 4.39 Å². The third-order valence-electron chi connectivity index (χ3n) is 5.36. The standard InChI is InChI=1S/C26H37FN8O/c1-7-9-11-22(8-2)19(3)32-33-20(4)29-26(30-21(5)35-16-14-34(6)15-17-35)31-25(28)36-24-13-10-12-23(27)18-24/h7,9-13,18,22,32H,1,3,5,8,14-17H2,2,4,6H3,(H3,28,29,30,31,33)/b11-9-. The van der Waals surface area contributed by atoms with E-state index >= 15 is 0 Å². The van der Waals surface area contributed by atoms with Crippen LogP contribution in [0, 0.1) is 11.7 Å². The molecule has 36 heavy (non-hydrogen) atoms. The molecule has 1 saturated heterocycles. The summed E-state index contributed by atoms with van der Waals surface area (Å²) in [4.78, 5) is 17.4. The van der Waals surface area contributed by atoms with Crippen LogP contribution >= 0.6 is 0 Å². The Morgan fingerprint density at radius 1 is 1.19 bits per heavy atom. The largest absolute Gasteiger partial charge is 0.426 e. The first-order valence-electron chi connectivity index (χ1n) is 11.8. The van der Waals surface area contributed by atoms with Crippen LogP contribution in [-0.4, -0.2) is 60.8 Å². The smallest absolute Gasteiger partial charge is 0.295 e. The van der Waals surface area contributed by atoms with Gasteiger partial charge in [0.1, 0.15) is 23.2 Å². The lowest BCUT2D eigenvalue weighted by Gasteiger charge is -2.33. The summed E-state index contributed by atoms with van der Waals surface area (Å²) in [6, 6.07) is 5.37. The van der Waals surface area contributed by atoms with Crippen LogP contribution < -0.4 is 21.3 Å². The minimum absolute atomic E-state index is 0.0313. The first kappa shape index (κ1) is 28.3. The summed E-state index contributed by atoms with van der Waals surface area (Å²) >= 11 is 0. The fraction of sp³-hybridized carbons (Fsp3) is 0.346. The van der Waals surface area contributed by atoms with Crippen LogP contribution in [-0.2, 0) is 0 Å². The number of benzene rings is 1. The summed E-state index contributed by atoms with van der Waals surface area (Å²) in [5, 5.41) is 0. The zero-order valence-corrected chi connectivity index (χ0v) is 21.4. The van der Waals surface area contributed by atoms with Crippen LogP contribution in [0.15, 0.2) is 88.7 Å². The van der Waals surface area contributed by atoms with E-state index in [0.717, 1.165) is 38.3 Å². The average molecular weight is 497 g/mol. The number of allylic oxidation sites excluding steroid dienone is 3. The van der Waals surface area contributed by atoms with Gasteiger partial charge >= 0.3 is 0 Å². The van der Waals surface area contributed by atoms with E-state index in [1.54, 1.807) is 19.1 Å². The van der Waals surface area contributed by atoms with E-state index in [9.17, 15) is 4.39 Å². The Bertz CT molecular complexity index is 1040. The van der Waals surface area contributed by atoms with E-state index in [-0.39, 0.29) is 23.6 Å². The number of hydrazine groups is 1. The number of aliphatic imine (C=N–C) groups is 3. The number of rotatable bonds is 9. The van der Waals surface area contributed by atoms with Gasteiger partial charge in [0.25, 0.3) is 12.0 Å². The molecule has 0 saturated carbocycles. The molecule has 0 bridgehead atoms. The summed E-state index contributed by atoms with van der Waals surface area (Å²) in [6.07, 6.45) is 6.48. The number of likely N-dealkylation sites (N-methyl/N-ethyl adjacent to an activating group) is 1. The van der Waals surface area contributed by atoms with Crippen molar-refractivity contribution < 1.29 is 9.13 Å². The number of piperazine rings is 1. The number of nitrogens with zero attached hydrogens (tertiary/aromatic N) is 5. The molecule has 1 aromatic rings. The Labute approximate surface area is 213 Å². The van der Waals surface area contributed by atoms with Crippen molar-refractivity contribution in [1.29, 1.82) is 0 Å². The number of hydrogen-bond acceptors (Lipinski definition) is 5. The normalized spacial score (nSPS) is 16.6. The maximum Gasteiger partial charge on any atom is 0.295 e. The number of hydrogen-bond donors (Lipinski definition) is 3. The lowest BCUT2D eigenvalue weighted by Crippen LogP contribution is -2.43. The summed E-state index contributed by atoms with van der Waals surface area (Å²) in [6.45, 7) is 19.0. The summed E-state index contributed by atoms with van der Waals surface area (Å²) < 4.78 is 19.0. The number of guanidine groups is 1. The van der Waals surface area contributed by atoms with E-state index < -0.39 is 5.82 Å². The number of nitrogens with one attached hydrogen (secondary N) is 2. The molecular weight excluding hydrogens is 459 g/mol. The Balaban J connectivity index is 2.20. The van der Waals surface area contributed by atoms with Gasteiger partial charge in [0, 0.05) is 43.9 Å². The second kappa shape index (κ2) is 14.5. The maximum atomic E-state index is 13.5. The fourth-order valence-electron chi connectivity index (χ4n) is 3.25. The predicted octanol–water partition coefficient (Wildman–Crippen LogP) is 3.39. The third-order valence-corrected chi connectivity index (χ3v) is 5.36. The highest BCUT2D eigenvalue weighted by atomic mass is 19.1. The first-order valence-corrected chi connectivity index (χ1v) is 11.8. The Kier molecular flexibility index (Phi) is 11.4. The van der Waals surface area contributed by atoms with E-state index in [1.807, 2.05) is 12.2 Å². The van der Waals surface area contributed by atoms with E-state index in [2.05, 4.69) is 69.3 Å². The van der Waals surface area contributed by atoms with E-state index in [1.165, 1.54) is 18.2 Å². The van der Waals surface area contributed by atoms with Crippen molar-refractivity contribution in [3.63, 3.8) is 0 Å². The molecule has 0 spiro atoms. The summed E-state index contributed by atoms with van der Waals surface area (Å²) in [5.74, 6) is 0.880. The molecule has 1 aliphatic heterocycles. The lowest BCUT2D eigenvalue weighted by atomic mass is 10.0. The zero-order valence-electron chi connectivity index (χ0n) is 21.4. The molecule has 0 aromatic heterocycles. The van der Waals surface area contributed by atoms with Crippen LogP contribution in [0.2, 0.25) is 0 Å². The quantitative estimate of drug-likeness (QED) is 0.210. The van der Waals surface area contributed by atoms with E-state index in [0.29, 0.717) is 11.7 Å². The summed E-state index contributed by atoms with van der Waals surface area (Å²) in [5.41, 5.74) is 12.8. The molecule has 0 radical (unpaired) electrons. The van der Waals surface area contributed by atoms with Gasteiger partial charge < -0.3 is 25.7 Å². The number of nitrogens with two attached hydrogens (primary N) is 1. The molecule has 1 fully saturated rings. The molecule has 0 aliphatic carbocycles. The molecule has 194 valence electrons. The van der Waals surface area contributed by atoms with Gasteiger partial charge in [0.2, 0.25) is 0 Å². The van der Waals surface area contributed by atoms with Crippen molar-refractivity contribution in [2.24, 2.45) is 26.6 Å². The molecule has 1 aliphatic rings. The van der Waals surface area contributed by atoms with Crippen molar-refractivity contribution in [2.45, 2.75) is 20.3 Å². The molecule has 10 heteroatoms. The molecule has 1 aromatic carbocycles. The van der Waals surface area contributed by atoms with Gasteiger partial charge in [-0.3, -0.25) is 5.43 Å². The SMILES string of the molecule is C=C/C=C\C(CC)C(=C)NNC(C)=NC(=NC(=C)N1CCN(C)CC1)N=C(N)Oc1cccc(F)c1. The average Bonchev–Trinajstić information content (AvgIpc) is 2.83. The second-order valence-corrected chi connectivity index (χ2v) is 8.24. The Morgan fingerprint density at radius 2 is 1.92 bits per heavy atom. The van der Waals surface area contributed by atoms with Crippen LogP contribution in [0.4, 0.5) is 4.39 Å². The minimum atomic E-state index is -0.449. The molecule has 4 N–H and O–H groups in total. The fourth-order valence-corrected chi connectivity index (χ4v) is 3.25. The van der Waals surface area contributed by atoms with Crippen molar-refractivity contribution in [1.82, 2.24) is 20.7 Å².